The summed E-state index contributed by atoms with van der Waals surface area (Å²) in [4.78, 5) is 13.7. The normalized spacial score (nSPS) is 31.7. The van der Waals surface area contributed by atoms with Crippen LogP contribution in [-0.2, 0) is 14.2 Å². The van der Waals surface area contributed by atoms with Gasteiger partial charge in [0.15, 0.2) is 29.7 Å². The number of phenolic OH excluding ortho intramolecular Hbond substituents is 4. The maximum atomic E-state index is 13.7. The van der Waals surface area contributed by atoms with E-state index in [2.05, 4.69) is 0 Å². The van der Waals surface area contributed by atoms with Crippen LogP contribution in [0.15, 0.2) is 39.5 Å². The quantitative estimate of drug-likeness (QED) is 0.137. The number of ether oxygens (including phenoxy) is 4. The predicted octanol–water partition coefficient (Wildman–Crippen LogP) is -2.08. The predicted molar refractivity (Wildman–Crippen MR) is 136 cm³/mol. The summed E-state index contributed by atoms with van der Waals surface area (Å²) in [5.41, 5.74) is -1.38. The molecule has 3 aromatic rings. The minimum absolute atomic E-state index is 0.0437. The van der Waals surface area contributed by atoms with Crippen LogP contribution in [-0.4, -0.2) is 120 Å². The highest BCUT2D eigenvalue weighted by Gasteiger charge is 2.50. The molecule has 9 atom stereocenters. The van der Waals surface area contributed by atoms with Gasteiger partial charge in [-0.3, -0.25) is 4.79 Å². The third kappa shape index (κ3) is 5.31. The molecule has 228 valence electrons. The maximum absolute atomic E-state index is 13.7. The molecule has 2 aliphatic rings. The van der Waals surface area contributed by atoms with Gasteiger partial charge < -0.3 is 74.4 Å². The molecule has 2 aromatic carbocycles. The zero-order chi connectivity index (χ0) is 30.5. The first-order valence-electron chi connectivity index (χ1n) is 12.6. The van der Waals surface area contributed by atoms with E-state index in [1.807, 2.05) is 0 Å². The van der Waals surface area contributed by atoms with Gasteiger partial charge in [0.25, 0.3) is 0 Å². The van der Waals surface area contributed by atoms with Gasteiger partial charge >= 0.3 is 0 Å². The SMILES string of the molecule is O=c1c(O[C@@H]2O[C@H](CO)[C@@H](O)[C@H](O)[C@H]2O[C@H]2OC[C@H](O)[C@@H](O)[C@@H]2O)c(-c2ccc(O)c(O)c2)oc2cc(O)cc(O)c12. The van der Waals surface area contributed by atoms with Gasteiger partial charge in [0, 0.05) is 17.7 Å². The first kappa shape index (κ1) is 29.8. The molecule has 5 rings (SSSR count). The molecule has 0 bridgehead atoms. The molecule has 10 N–H and O–H groups in total. The van der Waals surface area contributed by atoms with Crippen LogP contribution in [0.4, 0.5) is 0 Å². The average Bonchev–Trinajstić information content (AvgIpc) is 2.94. The molecule has 42 heavy (non-hydrogen) atoms. The van der Waals surface area contributed by atoms with E-state index in [0.717, 1.165) is 24.3 Å². The van der Waals surface area contributed by atoms with E-state index in [0.29, 0.717) is 0 Å². The van der Waals surface area contributed by atoms with Gasteiger partial charge in [-0.15, -0.1) is 0 Å². The van der Waals surface area contributed by atoms with Gasteiger partial charge in [0.05, 0.1) is 13.2 Å². The Labute approximate surface area is 235 Å². The third-order valence-corrected chi connectivity index (χ3v) is 6.96. The highest BCUT2D eigenvalue weighted by atomic mass is 16.8. The van der Waals surface area contributed by atoms with Crippen LogP contribution in [0.3, 0.4) is 0 Å². The summed E-state index contributed by atoms with van der Waals surface area (Å²) in [6, 6.07) is 5.21. The van der Waals surface area contributed by atoms with Gasteiger partial charge in [-0.2, -0.15) is 0 Å². The Morgan fingerprint density at radius 3 is 2.26 bits per heavy atom. The van der Waals surface area contributed by atoms with Gasteiger partial charge in [-0.1, -0.05) is 0 Å². The molecule has 16 nitrogen and oxygen atoms in total. The molecule has 16 heteroatoms. The van der Waals surface area contributed by atoms with Crippen molar-refractivity contribution in [2.75, 3.05) is 13.2 Å². The lowest BCUT2D eigenvalue weighted by atomic mass is 9.98. The number of aliphatic hydroxyl groups is 6. The van der Waals surface area contributed by atoms with E-state index >= 15 is 0 Å². The summed E-state index contributed by atoms with van der Waals surface area (Å²) in [7, 11) is 0. The van der Waals surface area contributed by atoms with E-state index in [1.54, 1.807) is 0 Å². The Morgan fingerprint density at radius 1 is 0.833 bits per heavy atom. The van der Waals surface area contributed by atoms with E-state index in [9.17, 15) is 55.9 Å². The molecule has 2 aliphatic heterocycles. The molecule has 2 saturated heterocycles. The molecule has 1 aromatic heterocycles. The molecule has 0 aliphatic carbocycles. The van der Waals surface area contributed by atoms with Crippen molar-refractivity contribution < 1.29 is 74.4 Å². The van der Waals surface area contributed by atoms with Gasteiger partial charge in [0.1, 0.15) is 59.1 Å². The summed E-state index contributed by atoms with van der Waals surface area (Å²) in [5, 5.41) is 101. The van der Waals surface area contributed by atoms with Crippen LogP contribution in [0.25, 0.3) is 22.3 Å². The first-order valence-corrected chi connectivity index (χ1v) is 12.6. The summed E-state index contributed by atoms with van der Waals surface area (Å²) in [5.74, 6) is -3.39. The Morgan fingerprint density at radius 2 is 1.57 bits per heavy atom. The fourth-order valence-electron chi connectivity index (χ4n) is 4.70. The van der Waals surface area contributed by atoms with Crippen molar-refractivity contribution in [2.24, 2.45) is 0 Å². The minimum atomic E-state index is -1.90. The molecule has 2 fully saturated rings. The molecule has 0 amide bonds. The van der Waals surface area contributed by atoms with Crippen LogP contribution in [0.1, 0.15) is 0 Å². The molecule has 0 unspecified atom stereocenters. The number of fused-ring (bicyclic) bond motifs is 1. The zero-order valence-corrected chi connectivity index (χ0v) is 21.4. The number of phenols is 4. The smallest absolute Gasteiger partial charge is 0.239 e. The second-order valence-corrected chi connectivity index (χ2v) is 9.81. The van der Waals surface area contributed by atoms with E-state index < -0.39 is 114 Å². The van der Waals surface area contributed by atoms with Crippen LogP contribution in [0, 0.1) is 0 Å². The fraction of sp³-hybridized carbons (Fsp3) is 0.423. The van der Waals surface area contributed by atoms with Crippen LogP contribution >= 0.6 is 0 Å². The van der Waals surface area contributed by atoms with Gasteiger partial charge in [0.2, 0.25) is 17.5 Å². The second kappa shape index (κ2) is 11.5. The Balaban J connectivity index is 1.62. The number of aromatic hydroxyl groups is 4. The Kier molecular flexibility index (Phi) is 8.17. The van der Waals surface area contributed by atoms with Crippen LogP contribution < -0.4 is 10.2 Å². The maximum Gasteiger partial charge on any atom is 0.239 e. The second-order valence-electron chi connectivity index (χ2n) is 9.81. The summed E-state index contributed by atoms with van der Waals surface area (Å²) < 4.78 is 28.0. The molecule has 3 heterocycles. The van der Waals surface area contributed by atoms with E-state index in [1.165, 1.54) is 6.07 Å². The lowest BCUT2D eigenvalue weighted by Gasteiger charge is -2.44. The van der Waals surface area contributed by atoms with E-state index in [4.69, 9.17) is 23.4 Å². The van der Waals surface area contributed by atoms with E-state index in [-0.39, 0.29) is 11.1 Å². The van der Waals surface area contributed by atoms with Crippen molar-refractivity contribution >= 4 is 11.0 Å². The molecule has 0 spiro atoms. The molecule has 0 saturated carbocycles. The fourth-order valence-corrected chi connectivity index (χ4v) is 4.70. The number of hydrogen-bond acceptors (Lipinski definition) is 16. The monoisotopic (exact) mass is 596 g/mol. The van der Waals surface area contributed by atoms with Gasteiger partial charge in [-0.05, 0) is 18.2 Å². The number of benzene rings is 2. The van der Waals surface area contributed by atoms with Gasteiger partial charge in [-0.25, -0.2) is 0 Å². The topological polar surface area (TPSA) is 269 Å². The minimum Gasteiger partial charge on any atom is -0.508 e. The zero-order valence-electron chi connectivity index (χ0n) is 21.4. The van der Waals surface area contributed by atoms with Crippen molar-refractivity contribution in [1.82, 2.24) is 0 Å². The first-order chi connectivity index (χ1) is 19.9. The Hall–Kier alpha value is -3.71. The lowest BCUT2D eigenvalue weighted by Crippen LogP contribution is -2.64. The summed E-state index contributed by atoms with van der Waals surface area (Å²) in [6.07, 6.45) is -15.5. The number of aliphatic hydroxyl groups excluding tert-OH is 6. The Bertz CT molecular complexity index is 1510. The molecular formula is C26H28O16. The third-order valence-electron chi connectivity index (χ3n) is 6.96. The highest BCUT2D eigenvalue weighted by molar-refractivity contribution is 5.88. The van der Waals surface area contributed by atoms with Crippen molar-refractivity contribution in [3.05, 3.63) is 40.6 Å². The molecular weight excluding hydrogens is 568 g/mol. The highest BCUT2D eigenvalue weighted by Crippen LogP contribution is 2.40. The molecule has 0 radical (unpaired) electrons. The standard InChI is InChI=1S/C26H28O16/c27-6-15-18(34)20(36)24(42-25-21(37)17(33)13(32)7-38-25)26(40-15)41-23-19(35)16-12(31)4-9(28)5-14(16)39-22(23)8-1-2-10(29)11(30)3-8/h1-5,13,15,17-18,20-21,24-34,36-37H,6-7H2/t13-,15+,17+,18+,20-,21-,24+,25+,26-/m0/s1. The van der Waals surface area contributed by atoms with Crippen LogP contribution in [0.5, 0.6) is 28.7 Å². The van der Waals surface area contributed by atoms with Crippen molar-refractivity contribution in [1.29, 1.82) is 0 Å². The lowest BCUT2D eigenvalue weighted by molar-refractivity contribution is -0.345. The van der Waals surface area contributed by atoms with Crippen molar-refractivity contribution in [3.63, 3.8) is 0 Å². The number of hydrogen-bond donors (Lipinski definition) is 10. The summed E-state index contributed by atoms with van der Waals surface area (Å²) in [6.45, 7) is -1.31. The van der Waals surface area contributed by atoms with Crippen molar-refractivity contribution in [2.45, 2.75) is 55.3 Å². The van der Waals surface area contributed by atoms with Crippen molar-refractivity contribution in [3.8, 4) is 40.1 Å². The largest absolute Gasteiger partial charge is 0.508 e. The number of rotatable bonds is 6. The summed E-state index contributed by atoms with van der Waals surface area (Å²) >= 11 is 0. The average molecular weight is 596 g/mol. The van der Waals surface area contributed by atoms with Crippen LogP contribution in [0.2, 0.25) is 0 Å².